The van der Waals surface area contributed by atoms with Crippen LogP contribution in [0.1, 0.15) is 30.1 Å². The Balaban J connectivity index is 2.27. The van der Waals surface area contributed by atoms with E-state index in [1.54, 1.807) is 0 Å². The fourth-order valence-electron chi connectivity index (χ4n) is 1.57. The number of aromatic nitrogens is 1. The third-order valence-corrected chi connectivity index (χ3v) is 2.65. The van der Waals surface area contributed by atoms with Crippen LogP contribution in [0.4, 0.5) is 0 Å². The van der Waals surface area contributed by atoms with Gasteiger partial charge in [0.25, 0.3) is 0 Å². The summed E-state index contributed by atoms with van der Waals surface area (Å²) in [6.07, 6.45) is 2.50. The van der Waals surface area contributed by atoms with E-state index in [1.807, 2.05) is 19.1 Å². The third kappa shape index (κ3) is 2.01. The van der Waals surface area contributed by atoms with Gasteiger partial charge in [-0.3, -0.25) is 0 Å². The Hall–Kier alpha value is -0.600. The molecule has 1 aliphatic carbocycles. The largest absolute Gasteiger partial charge is 0.324 e. The average molecular weight is 197 g/mol. The number of aryl methyl sites for hydroxylation is 1. The van der Waals surface area contributed by atoms with Gasteiger partial charge in [-0.05, 0) is 43.4 Å². The molecule has 1 fully saturated rings. The lowest BCUT2D eigenvalue weighted by molar-refractivity contribution is 0.632. The SMILES string of the molecule is Cc1cc([C@H](N)C2CC2)cc(Cl)n1. The predicted molar refractivity (Wildman–Crippen MR) is 53.6 cm³/mol. The lowest BCUT2D eigenvalue weighted by Gasteiger charge is -2.11. The molecule has 1 atom stereocenters. The first-order chi connectivity index (χ1) is 6.16. The Morgan fingerprint density at radius 2 is 2.23 bits per heavy atom. The first kappa shape index (κ1) is 8.97. The van der Waals surface area contributed by atoms with E-state index in [9.17, 15) is 0 Å². The van der Waals surface area contributed by atoms with Crippen molar-refractivity contribution < 1.29 is 0 Å². The van der Waals surface area contributed by atoms with Gasteiger partial charge in [-0.1, -0.05) is 11.6 Å². The van der Waals surface area contributed by atoms with Gasteiger partial charge in [0.15, 0.2) is 0 Å². The van der Waals surface area contributed by atoms with Crippen LogP contribution in [0, 0.1) is 12.8 Å². The van der Waals surface area contributed by atoms with Crippen LogP contribution < -0.4 is 5.73 Å². The van der Waals surface area contributed by atoms with Crippen LogP contribution in [-0.4, -0.2) is 4.98 Å². The van der Waals surface area contributed by atoms with Gasteiger partial charge in [0.05, 0.1) is 0 Å². The van der Waals surface area contributed by atoms with Crippen LogP contribution in [0.5, 0.6) is 0 Å². The molecule has 0 amide bonds. The van der Waals surface area contributed by atoms with Crippen molar-refractivity contribution in [2.45, 2.75) is 25.8 Å². The summed E-state index contributed by atoms with van der Waals surface area (Å²) in [4.78, 5) is 4.11. The second-order valence-corrected chi connectivity index (χ2v) is 4.12. The number of hydrogen-bond acceptors (Lipinski definition) is 2. The van der Waals surface area contributed by atoms with Gasteiger partial charge in [0.2, 0.25) is 0 Å². The highest BCUT2D eigenvalue weighted by atomic mass is 35.5. The predicted octanol–water partition coefficient (Wildman–Crippen LogP) is 2.45. The Kier molecular flexibility index (Phi) is 2.26. The fraction of sp³-hybridized carbons (Fsp3) is 0.500. The summed E-state index contributed by atoms with van der Waals surface area (Å²) in [5.41, 5.74) is 8.12. The van der Waals surface area contributed by atoms with E-state index in [2.05, 4.69) is 4.98 Å². The Bertz CT molecular complexity index is 300. The molecule has 1 aromatic rings. The van der Waals surface area contributed by atoms with E-state index < -0.39 is 0 Å². The van der Waals surface area contributed by atoms with Crippen LogP contribution >= 0.6 is 11.6 Å². The highest BCUT2D eigenvalue weighted by Gasteiger charge is 2.29. The second kappa shape index (κ2) is 3.28. The van der Waals surface area contributed by atoms with Crippen LogP contribution in [0.15, 0.2) is 12.1 Å². The number of hydrogen-bond donors (Lipinski definition) is 1. The first-order valence-electron chi connectivity index (χ1n) is 4.56. The molecule has 2 nitrogen and oxygen atoms in total. The molecule has 0 bridgehead atoms. The molecule has 0 unspecified atom stereocenters. The minimum atomic E-state index is 0.152. The monoisotopic (exact) mass is 196 g/mol. The van der Waals surface area contributed by atoms with E-state index in [4.69, 9.17) is 17.3 Å². The molecule has 0 spiro atoms. The maximum absolute atomic E-state index is 6.05. The van der Waals surface area contributed by atoms with Crippen LogP contribution in [0.3, 0.4) is 0 Å². The molecule has 1 heterocycles. The molecule has 70 valence electrons. The zero-order valence-electron chi connectivity index (χ0n) is 7.63. The second-order valence-electron chi connectivity index (χ2n) is 3.73. The number of nitrogens with zero attached hydrogens (tertiary/aromatic N) is 1. The molecular weight excluding hydrogens is 184 g/mol. The quantitative estimate of drug-likeness (QED) is 0.739. The molecule has 2 N–H and O–H groups in total. The molecule has 0 aromatic carbocycles. The number of rotatable bonds is 2. The number of pyridine rings is 1. The van der Waals surface area contributed by atoms with E-state index in [0.717, 1.165) is 11.3 Å². The summed E-state index contributed by atoms with van der Waals surface area (Å²) in [5.74, 6) is 0.665. The van der Waals surface area contributed by atoms with Crippen molar-refractivity contribution in [3.05, 3.63) is 28.5 Å². The van der Waals surface area contributed by atoms with Gasteiger partial charge < -0.3 is 5.73 Å². The van der Waals surface area contributed by atoms with Crippen molar-refractivity contribution in [1.29, 1.82) is 0 Å². The molecule has 1 aromatic heterocycles. The van der Waals surface area contributed by atoms with Gasteiger partial charge in [-0.25, -0.2) is 4.98 Å². The summed E-state index contributed by atoms with van der Waals surface area (Å²) >= 11 is 5.85. The Labute approximate surface area is 83.1 Å². The standard InChI is InChI=1S/C10H13ClN2/c1-6-4-8(5-9(11)13-6)10(12)7-2-3-7/h4-5,7,10H,2-3,12H2,1H3/t10-/m1/s1. The fourth-order valence-corrected chi connectivity index (χ4v) is 1.83. The molecule has 0 aliphatic heterocycles. The molecule has 0 saturated heterocycles. The minimum absolute atomic E-state index is 0.152. The van der Waals surface area contributed by atoms with Crippen LogP contribution in [-0.2, 0) is 0 Å². The summed E-state index contributed by atoms with van der Waals surface area (Å²) in [7, 11) is 0. The summed E-state index contributed by atoms with van der Waals surface area (Å²) < 4.78 is 0. The van der Waals surface area contributed by atoms with Crippen LogP contribution in [0.2, 0.25) is 5.15 Å². The zero-order valence-corrected chi connectivity index (χ0v) is 8.38. The molecule has 3 heteroatoms. The van der Waals surface area contributed by atoms with Crippen molar-refractivity contribution >= 4 is 11.6 Å². The first-order valence-corrected chi connectivity index (χ1v) is 4.94. The summed E-state index contributed by atoms with van der Waals surface area (Å²) in [5, 5.41) is 0.547. The Morgan fingerprint density at radius 1 is 1.54 bits per heavy atom. The van der Waals surface area contributed by atoms with Crippen molar-refractivity contribution in [3.8, 4) is 0 Å². The molecule has 13 heavy (non-hydrogen) atoms. The van der Waals surface area contributed by atoms with E-state index in [0.29, 0.717) is 11.1 Å². The van der Waals surface area contributed by atoms with E-state index in [1.165, 1.54) is 12.8 Å². The zero-order chi connectivity index (χ0) is 9.42. The topological polar surface area (TPSA) is 38.9 Å². The van der Waals surface area contributed by atoms with Crippen molar-refractivity contribution in [2.24, 2.45) is 11.7 Å². The maximum Gasteiger partial charge on any atom is 0.129 e. The number of nitrogens with two attached hydrogens (primary N) is 1. The summed E-state index contributed by atoms with van der Waals surface area (Å²) in [6.45, 7) is 1.94. The van der Waals surface area contributed by atoms with E-state index >= 15 is 0 Å². The van der Waals surface area contributed by atoms with Gasteiger partial charge in [0, 0.05) is 11.7 Å². The molecule has 0 radical (unpaired) electrons. The van der Waals surface area contributed by atoms with Crippen LogP contribution in [0.25, 0.3) is 0 Å². The highest BCUT2D eigenvalue weighted by molar-refractivity contribution is 6.29. The molecule has 1 saturated carbocycles. The highest BCUT2D eigenvalue weighted by Crippen LogP contribution is 2.39. The van der Waals surface area contributed by atoms with Crippen molar-refractivity contribution in [1.82, 2.24) is 4.98 Å². The molecule has 2 rings (SSSR count). The van der Waals surface area contributed by atoms with Gasteiger partial charge in [-0.2, -0.15) is 0 Å². The van der Waals surface area contributed by atoms with Gasteiger partial charge in [0.1, 0.15) is 5.15 Å². The third-order valence-electron chi connectivity index (χ3n) is 2.46. The van der Waals surface area contributed by atoms with Gasteiger partial charge in [-0.15, -0.1) is 0 Å². The Morgan fingerprint density at radius 3 is 2.77 bits per heavy atom. The number of halogens is 1. The molecular formula is C10H13ClN2. The molecule has 1 aliphatic rings. The minimum Gasteiger partial charge on any atom is -0.324 e. The lowest BCUT2D eigenvalue weighted by Crippen LogP contribution is -2.12. The lowest BCUT2D eigenvalue weighted by atomic mass is 10.0. The van der Waals surface area contributed by atoms with Crippen molar-refractivity contribution in [3.63, 3.8) is 0 Å². The normalized spacial score (nSPS) is 18.7. The smallest absolute Gasteiger partial charge is 0.129 e. The van der Waals surface area contributed by atoms with Crippen molar-refractivity contribution in [2.75, 3.05) is 0 Å². The maximum atomic E-state index is 6.05. The summed E-state index contributed by atoms with van der Waals surface area (Å²) in [6, 6.07) is 4.05. The van der Waals surface area contributed by atoms with Gasteiger partial charge >= 0.3 is 0 Å². The average Bonchev–Trinajstić information content (AvgIpc) is 2.83. The van der Waals surface area contributed by atoms with E-state index in [-0.39, 0.29) is 6.04 Å².